The highest BCUT2D eigenvalue weighted by Crippen LogP contribution is 2.31. The summed E-state index contributed by atoms with van der Waals surface area (Å²) in [5.74, 6) is 1.06. The molecule has 11 nitrogen and oxygen atoms in total. The molecule has 1 N–H and O–H groups in total. The van der Waals surface area contributed by atoms with Crippen LogP contribution in [-0.4, -0.2) is 47.0 Å². The Morgan fingerprint density at radius 3 is 2.83 bits per heavy atom. The summed E-state index contributed by atoms with van der Waals surface area (Å²) in [5.41, 5.74) is 1.04. The van der Waals surface area contributed by atoms with Gasteiger partial charge in [0.1, 0.15) is 11.9 Å². The molecule has 3 heterocycles. The topological polar surface area (TPSA) is 128 Å². The molecule has 122 valence electrons. The van der Waals surface area contributed by atoms with Gasteiger partial charge in [-0.3, -0.25) is 4.99 Å². The van der Waals surface area contributed by atoms with Gasteiger partial charge in [-0.15, -0.1) is 15.3 Å². The number of nitro groups is 1. The fourth-order valence-electron chi connectivity index (χ4n) is 2.38. The third-order valence-electron chi connectivity index (χ3n) is 3.81. The van der Waals surface area contributed by atoms with Crippen molar-refractivity contribution in [1.29, 1.82) is 0 Å². The summed E-state index contributed by atoms with van der Waals surface area (Å²) < 4.78 is 2.83. The largest absolute Gasteiger partial charge is 0.364 e. The number of rotatable bonds is 5. The highest BCUT2D eigenvalue weighted by molar-refractivity contribution is 5.69. The number of aliphatic imine (C=N–C) groups is 1. The fourth-order valence-corrected chi connectivity index (χ4v) is 2.38. The third-order valence-corrected chi connectivity index (χ3v) is 3.81. The number of aromatic nitrogens is 6. The normalized spacial score (nSPS) is 14.0. The van der Waals surface area contributed by atoms with Crippen LogP contribution in [0.5, 0.6) is 0 Å². The Morgan fingerprint density at radius 1 is 1.42 bits per heavy atom. The van der Waals surface area contributed by atoms with Crippen molar-refractivity contribution < 1.29 is 4.92 Å². The Morgan fingerprint density at radius 2 is 2.21 bits per heavy atom. The van der Waals surface area contributed by atoms with Gasteiger partial charge in [-0.25, -0.2) is 9.55 Å². The molecule has 0 unspecified atom stereocenters. The third kappa shape index (κ3) is 2.17. The Hall–Kier alpha value is -3.37. The summed E-state index contributed by atoms with van der Waals surface area (Å²) in [6, 6.07) is 2.09. The van der Waals surface area contributed by atoms with E-state index in [1.165, 1.54) is 15.3 Å². The molecule has 0 amide bonds. The van der Waals surface area contributed by atoms with Crippen LogP contribution in [-0.2, 0) is 7.05 Å². The highest BCUT2D eigenvalue weighted by atomic mass is 16.6. The van der Waals surface area contributed by atoms with Crippen LogP contribution >= 0.6 is 0 Å². The predicted molar refractivity (Wildman–Crippen MR) is 85.5 cm³/mol. The van der Waals surface area contributed by atoms with Crippen molar-refractivity contribution in [2.45, 2.75) is 18.9 Å². The first-order valence-corrected chi connectivity index (χ1v) is 7.24. The van der Waals surface area contributed by atoms with Crippen molar-refractivity contribution in [3.63, 3.8) is 0 Å². The van der Waals surface area contributed by atoms with E-state index in [0.29, 0.717) is 34.8 Å². The molecule has 3 aromatic heterocycles. The van der Waals surface area contributed by atoms with E-state index >= 15 is 0 Å². The van der Waals surface area contributed by atoms with Crippen LogP contribution in [0.15, 0.2) is 17.3 Å². The number of nitrogens with one attached hydrogen (secondary N) is 1. The SMILES string of the molecule is C=Nc1cc2nnc(-c3ncc([N+](=O)[O-])n3C)n2nc1NC1CC1. The lowest BCUT2D eigenvalue weighted by atomic mass is 10.4. The van der Waals surface area contributed by atoms with Crippen molar-refractivity contribution >= 4 is 29.7 Å². The fraction of sp³-hybridized carbons (Fsp3) is 0.308. The van der Waals surface area contributed by atoms with Crippen molar-refractivity contribution in [2.24, 2.45) is 12.0 Å². The second kappa shape index (κ2) is 5.08. The number of imidazole rings is 1. The molecule has 0 saturated heterocycles. The van der Waals surface area contributed by atoms with Gasteiger partial charge < -0.3 is 15.4 Å². The van der Waals surface area contributed by atoms with Crippen molar-refractivity contribution in [3.05, 3.63) is 22.4 Å². The van der Waals surface area contributed by atoms with Gasteiger partial charge in [0, 0.05) is 12.1 Å². The lowest BCUT2D eigenvalue weighted by molar-refractivity contribution is -0.391. The van der Waals surface area contributed by atoms with E-state index in [4.69, 9.17) is 0 Å². The van der Waals surface area contributed by atoms with E-state index in [2.05, 4.69) is 37.3 Å². The molecular formula is C13H13N9O2. The van der Waals surface area contributed by atoms with Crippen LogP contribution < -0.4 is 5.32 Å². The molecule has 0 aromatic carbocycles. The van der Waals surface area contributed by atoms with Crippen LogP contribution in [0.2, 0.25) is 0 Å². The molecule has 0 spiro atoms. The van der Waals surface area contributed by atoms with E-state index in [1.807, 2.05) is 0 Å². The molecule has 11 heteroatoms. The van der Waals surface area contributed by atoms with Crippen molar-refractivity contribution in [2.75, 3.05) is 5.32 Å². The van der Waals surface area contributed by atoms with E-state index < -0.39 is 4.92 Å². The molecule has 1 saturated carbocycles. The average Bonchev–Trinajstić information content (AvgIpc) is 3.15. The molecule has 0 atom stereocenters. The average molecular weight is 327 g/mol. The van der Waals surface area contributed by atoms with Crippen LogP contribution in [0, 0.1) is 10.1 Å². The molecule has 0 radical (unpaired) electrons. The Bertz CT molecular complexity index is 969. The van der Waals surface area contributed by atoms with E-state index in [0.717, 1.165) is 12.8 Å². The number of anilines is 1. The summed E-state index contributed by atoms with van der Waals surface area (Å²) in [5, 5.41) is 26.9. The van der Waals surface area contributed by atoms with Crippen LogP contribution in [0.3, 0.4) is 0 Å². The standard InChI is InChI=1S/C13H13N9O2/c1-14-8-5-9-17-18-13(12-15-6-10(20(12)2)22(23)24)21(9)19-11(8)16-7-3-4-7/h5-7H,1,3-4H2,2H3,(H,16,19). The Kier molecular flexibility index (Phi) is 3.01. The van der Waals surface area contributed by atoms with Gasteiger partial charge in [0.25, 0.3) is 5.82 Å². The van der Waals surface area contributed by atoms with Crippen LogP contribution in [0.4, 0.5) is 17.3 Å². The number of nitrogens with zero attached hydrogens (tertiary/aromatic N) is 8. The Labute approximate surface area is 135 Å². The zero-order valence-electron chi connectivity index (χ0n) is 12.7. The van der Waals surface area contributed by atoms with Crippen LogP contribution in [0.25, 0.3) is 17.3 Å². The second-order valence-corrected chi connectivity index (χ2v) is 5.50. The molecular weight excluding hydrogens is 314 g/mol. The molecule has 3 aromatic rings. The number of hydrogen-bond donors (Lipinski definition) is 1. The molecule has 24 heavy (non-hydrogen) atoms. The highest BCUT2D eigenvalue weighted by Gasteiger charge is 2.26. The zero-order chi connectivity index (χ0) is 16.8. The van der Waals surface area contributed by atoms with E-state index in [-0.39, 0.29) is 5.82 Å². The maximum atomic E-state index is 11.0. The summed E-state index contributed by atoms with van der Waals surface area (Å²) in [4.78, 5) is 18.5. The summed E-state index contributed by atoms with van der Waals surface area (Å²) in [6.45, 7) is 3.55. The van der Waals surface area contributed by atoms with Gasteiger partial charge in [0.05, 0.1) is 7.05 Å². The van der Waals surface area contributed by atoms with Gasteiger partial charge in [-0.2, -0.15) is 4.52 Å². The summed E-state index contributed by atoms with van der Waals surface area (Å²) in [6.07, 6.45) is 3.34. The lowest BCUT2D eigenvalue weighted by Gasteiger charge is -2.07. The quantitative estimate of drug-likeness (QED) is 0.425. The maximum absolute atomic E-state index is 11.0. The van der Waals surface area contributed by atoms with Gasteiger partial charge in [0.15, 0.2) is 11.5 Å². The molecule has 0 bridgehead atoms. The first-order valence-electron chi connectivity index (χ1n) is 7.24. The number of hydrogen-bond acceptors (Lipinski definition) is 8. The minimum absolute atomic E-state index is 0.137. The minimum Gasteiger partial charge on any atom is -0.364 e. The minimum atomic E-state index is -0.507. The first kappa shape index (κ1) is 14.2. The van der Waals surface area contributed by atoms with Gasteiger partial charge in [0.2, 0.25) is 5.82 Å². The predicted octanol–water partition coefficient (Wildman–Crippen LogP) is 1.34. The van der Waals surface area contributed by atoms with Gasteiger partial charge in [-0.05, 0) is 24.5 Å². The zero-order valence-corrected chi connectivity index (χ0v) is 12.7. The van der Waals surface area contributed by atoms with Crippen molar-refractivity contribution in [3.8, 4) is 11.6 Å². The molecule has 1 aliphatic carbocycles. The molecule has 4 rings (SSSR count). The smallest absolute Gasteiger partial charge is 0.343 e. The molecule has 1 fully saturated rings. The van der Waals surface area contributed by atoms with Gasteiger partial charge in [-0.1, -0.05) is 0 Å². The molecule has 0 aliphatic heterocycles. The van der Waals surface area contributed by atoms with Crippen molar-refractivity contribution in [1.82, 2.24) is 29.4 Å². The Balaban J connectivity index is 1.87. The van der Waals surface area contributed by atoms with Gasteiger partial charge >= 0.3 is 5.82 Å². The monoisotopic (exact) mass is 327 g/mol. The lowest BCUT2D eigenvalue weighted by Crippen LogP contribution is -2.08. The van der Waals surface area contributed by atoms with E-state index in [1.54, 1.807) is 13.1 Å². The number of fused-ring (bicyclic) bond motifs is 1. The van der Waals surface area contributed by atoms with E-state index in [9.17, 15) is 10.1 Å². The molecule has 1 aliphatic rings. The van der Waals surface area contributed by atoms with Crippen LogP contribution in [0.1, 0.15) is 12.8 Å². The summed E-state index contributed by atoms with van der Waals surface area (Å²) in [7, 11) is 1.55. The first-order chi connectivity index (χ1) is 11.6. The maximum Gasteiger partial charge on any atom is 0.343 e. The second-order valence-electron chi connectivity index (χ2n) is 5.50. The summed E-state index contributed by atoms with van der Waals surface area (Å²) >= 11 is 0.